The van der Waals surface area contributed by atoms with Crippen LogP contribution in [0.15, 0.2) is 11.6 Å². The zero-order valence-electron chi connectivity index (χ0n) is 20.9. The van der Waals surface area contributed by atoms with Crippen molar-refractivity contribution in [1.82, 2.24) is 0 Å². The van der Waals surface area contributed by atoms with E-state index in [2.05, 4.69) is 0 Å². The molecule has 0 saturated heterocycles. The molecule has 9 heteroatoms. The number of esters is 2. The first-order valence-corrected chi connectivity index (χ1v) is 12.3. The van der Waals surface area contributed by atoms with Crippen LogP contribution in [0.5, 0.6) is 0 Å². The highest BCUT2D eigenvalue weighted by Crippen LogP contribution is 2.72. The number of ether oxygens (including phenoxy) is 2. The molecule has 35 heavy (non-hydrogen) atoms. The summed E-state index contributed by atoms with van der Waals surface area (Å²) >= 11 is 0. The van der Waals surface area contributed by atoms with Crippen LogP contribution in [0.2, 0.25) is 0 Å². The zero-order valence-corrected chi connectivity index (χ0v) is 20.9. The van der Waals surface area contributed by atoms with E-state index < -0.39 is 76.5 Å². The van der Waals surface area contributed by atoms with E-state index in [4.69, 9.17) is 9.47 Å². The Kier molecular flexibility index (Phi) is 6.06. The number of allylic oxidation sites excluding steroid dienone is 1. The van der Waals surface area contributed by atoms with Gasteiger partial charge in [0.05, 0.1) is 6.10 Å². The van der Waals surface area contributed by atoms with E-state index in [1.807, 2.05) is 0 Å². The molecule has 0 radical (unpaired) electrons. The number of aliphatic hydroxyl groups is 1. The Morgan fingerprint density at radius 3 is 2.40 bits per heavy atom. The minimum absolute atomic E-state index is 0.0639. The Morgan fingerprint density at radius 1 is 1.14 bits per heavy atom. The van der Waals surface area contributed by atoms with Crippen LogP contribution in [0.3, 0.4) is 0 Å². The lowest BCUT2D eigenvalue weighted by atomic mass is 9.43. The van der Waals surface area contributed by atoms with Crippen molar-refractivity contribution >= 4 is 23.5 Å². The molecule has 0 aromatic heterocycles. The molecule has 0 amide bonds. The second-order valence-corrected chi connectivity index (χ2v) is 11.4. The van der Waals surface area contributed by atoms with Crippen LogP contribution < -0.4 is 0 Å². The summed E-state index contributed by atoms with van der Waals surface area (Å²) in [5.74, 6) is -4.45. The molecule has 0 aromatic rings. The predicted molar refractivity (Wildman–Crippen MR) is 119 cm³/mol. The Morgan fingerprint density at radius 2 is 1.80 bits per heavy atom. The molecule has 0 aromatic carbocycles. The van der Waals surface area contributed by atoms with Crippen LogP contribution in [-0.4, -0.2) is 58.8 Å². The van der Waals surface area contributed by atoms with Gasteiger partial charge in [-0.1, -0.05) is 20.8 Å². The van der Waals surface area contributed by atoms with Crippen molar-refractivity contribution in [3.05, 3.63) is 11.6 Å². The second-order valence-electron chi connectivity index (χ2n) is 11.4. The maximum absolute atomic E-state index is 17.3. The van der Waals surface area contributed by atoms with Gasteiger partial charge in [-0.3, -0.25) is 19.2 Å². The van der Waals surface area contributed by atoms with E-state index in [1.54, 1.807) is 20.8 Å². The lowest BCUT2D eigenvalue weighted by molar-refractivity contribution is -0.238. The van der Waals surface area contributed by atoms with Crippen LogP contribution in [0.25, 0.3) is 0 Å². The van der Waals surface area contributed by atoms with Crippen molar-refractivity contribution in [2.75, 3.05) is 6.61 Å². The maximum atomic E-state index is 17.3. The molecule has 3 fully saturated rings. The average Bonchev–Trinajstić information content (AvgIpc) is 2.97. The van der Waals surface area contributed by atoms with Gasteiger partial charge in [0, 0.05) is 42.9 Å². The lowest BCUT2D eigenvalue weighted by Gasteiger charge is -2.64. The van der Waals surface area contributed by atoms with Gasteiger partial charge in [0.1, 0.15) is 11.8 Å². The van der Waals surface area contributed by atoms with Gasteiger partial charge in [0.15, 0.2) is 18.0 Å². The average molecular weight is 497 g/mol. The number of carbonyl (C=O) groups excluding carboxylic acids is 4. The van der Waals surface area contributed by atoms with Crippen LogP contribution >= 0.6 is 0 Å². The number of Topliss-reactive ketones (excluding diaryl/α,β-unsaturated/α-hetero) is 1. The largest absolute Gasteiger partial charge is 0.458 e. The van der Waals surface area contributed by atoms with Gasteiger partial charge < -0.3 is 14.6 Å². The van der Waals surface area contributed by atoms with Crippen molar-refractivity contribution in [3.63, 3.8) is 0 Å². The Labute approximate surface area is 203 Å². The summed E-state index contributed by atoms with van der Waals surface area (Å²) < 4.78 is 43.6. The summed E-state index contributed by atoms with van der Waals surface area (Å²) in [5.41, 5.74) is -6.50. The number of aliphatic hydroxyl groups excluding tert-OH is 1. The highest BCUT2D eigenvalue weighted by atomic mass is 19.1. The number of rotatable bonds is 4. The molecule has 0 bridgehead atoms. The fourth-order valence-corrected chi connectivity index (χ4v) is 8.25. The second kappa shape index (κ2) is 8.18. The SMILES string of the molecule is CC(=O)OCC(=O)[C@@]1(OC(C)=O)[C@H](C)C[C@H]2[C@@H]3C[C@H](F)C4=CC(=O)CC[C@]4(C)[C@@]3(F)[C@@H](O)C[C@@]21C. The summed E-state index contributed by atoms with van der Waals surface area (Å²) in [6.45, 7) is 6.67. The molecular weight excluding hydrogens is 462 g/mol. The molecule has 9 atom stereocenters. The van der Waals surface area contributed by atoms with Gasteiger partial charge in [-0.05, 0) is 43.3 Å². The molecule has 0 aliphatic heterocycles. The molecular formula is C26H34F2O7. The highest BCUT2D eigenvalue weighted by molar-refractivity contribution is 5.94. The number of halogens is 2. The van der Waals surface area contributed by atoms with E-state index in [0.717, 1.165) is 6.92 Å². The highest BCUT2D eigenvalue weighted by Gasteiger charge is 2.78. The fourth-order valence-electron chi connectivity index (χ4n) is 8.25. The third-order valence-corrected chi connectivity index (χ3v) is 9.69. The minimum atomic E-state index is -2.22. The smallest absolute Gasteiger partial charge is 0.303 e. The van der Waals surface area contributed by atoms with Crippen LogP contribution in [0, 0.1) is 28.6 Å². The van der Waals surface area contributed by atoms with E-state index in [-0.39, 0.29) is 43.5 Å². The Balaban J connectivity index is 1.84. The maximum Gasteiger partial charge on any atom is 0.303 e. The van der Waals surface area contributed by atoms with Crippen LogP contribution in [0.4, 0.5) is 8.78 Å². The van der Waals surface area contributed by atoms with E-state index in [9.17, 15) is 24.3 Å². The van der Waals surface area contributed by atoms with E-state index >= 15 is 8.78 Å². The summed E-state index contributed by atoms with van der Waals surface area (Å²) in [5, 5.41) is 11.4. The first kappa shape index (κ1) is 25.9. The Hall–Kier alpha value is -2.16. The van der Waals surface area contributed by atoms with Gasteiger partial charge in [-0.25, -0.2) is 8.78 Å². The molecule has 3 saturated carbocycles. The van der Waals surface area contributed by atoms with Gasteiger partial charge in [0.25, 0.3) is 0 Å². The predicted octanol–water partition coefficient (Wildman–Crippen LogP) is 3.21. The van der Waals surface area contributed by atoms with Crippen molar-refractivity contribution in [1.29, 1.82) is 0 Å². The third kappa shape index (κ3) is 3.29. The zero-order chi connectivity index (χ0) is 26.1. The lowest BCUT2D eigenvalue weighted by Crippen LogP contribution is -2.71. The summed E-state index contributed by atoms with van der Waals surface area (Å²) in [6, 6.07) is 0. The topological polar surface area (TPSA) is 107 Å². The number of hydrogen-bond donors (Lipinski definition) is 1. The summed E-state index contributed by atoms with van der Waals surface area (Å²) in [4.78, 5) is 49.3. The summed E-state index contributed by atoms with van der Waals surface area (Å²) in [6.07, 6.45) is -2.00. The van der Waals surface area contributed by atoms with Gasteiger partial charge >= 0.3 is 11.9 Å². The molecule has 194 valence electrons. The number of alkyl halides is 2. The monoisotopic (exact) mass is 496 g/mol. The first-order valence-electron chi connectivity index (χ1n) is 12.3. The van der Waals surface area contributed by atoms with Crippen molar-refractivity contribution in [2.24, 2.45) is 28.6 Å². The van der Waals surface area contributed by atoms with Crippen LogP contribution in [-0.2, 0) is 28.7 Å². The number of carbonyl (C=O) groups is 4. The molecule has 0 spiro atoms. The molecule has 0 heterocycles. The number of fused-ring (bicyclic) bond motifs is 5. The number of hydrogen-bond acceptors (Lipinski definition) is 7. The standard InChI is InChI=1S/C26H34F2O7/c1-13-8-17-18-10-20(27)19-9-16(31)6-7-23(19,4)25(18,28)21(32)11-24(17,5)26(13,35-15(3)30)22(33)12-34-14(2)29/h9,13,17-18,20-21,32H,6-8,10-12H2,1-5H3/t13-,17+,18+,20+,21+,23+,24+,25+,26+/m1/s1. The first-order chi connectivity index (χ1) is 16.1. The molecule has 4 aliphatic rings. The van der Waals surface area contributed by atoms with Crippen molar-refractivity contribution < 1.29 is 42.5 Å². The van der Waals surface area contributed by atoms with Gasteiger partial charge in [0.2, 0.25) is 5.78 Å². The van der Waals surface area contributed by atoms with Gasteiger partial charge in [-0.15, -0.1) is 0 Å². The molecule has 0 unspecified atom stereocenters. The van der Waals surface area contributed by atoms with E-state index in [0.29, 0.717) is 0 Å². The van der Waals surface area contributed by atoms with E-state index in [1.165, 1.54) is 13.0 Å². The molecule has 7 nitrogen and oxygen atoms in total. The van der Waals surface area contributed by atoms with Crippen molar-refractivity contribution in [3.8, 4) is 0 Å². The Bertz CT molecular complexity index is 1010. The third-order valence-electron chi connectivity index (χ3n) is 9.69. The van der Waals surface area contributed by atoms with Crippen LogP contribution in [0.1, 0.15) is 66.7 Å². The molecule has 4 rings (SSSR count). The summed E-state index contributed by atoms with van der Waals surface area (Å²) in [7, 11) is 0. The minimum Gasteiger partial charge on any atom is -0.458 e. The molecule has 1 N–H and O–H groups in total. The van der Waals surface area contributed by atoms with Gasteiger partial charge in [-0.2, -0.15) is 0 Å². The quantitative estimate of drug-likeness (QED) is 0.596. The molecule has 4 aliphatic carbocycles. The number of ketones is 2. The normalized spacial score (nSPS) is 46.6. The fraction of sp³-hybridized carbons (Fsp3) is 0.769. The van der Waals surface area contributed by atoms with Crippen molar-refractivity contribution in [2.45, 2.75) is 90.3 Å².